The summed E-state index contributed by atoms with van der Waals surface area (Å²) in [4.78, 5) is 6.79. The molecule has 2 heterocycles. The first-order valence-corrected chi connectivity index (χ1v) is 7.32. The number of benzene rings is 1. The number of oxazole rings is 1. The Labute approximate surface area is 124 Å². The molecule has 1 aliphatic heterocycles. The third-order valence-electron chi connectivity index (χ3n) is 3.59. The largest absolute Gasteiger partial charge is 0.444 e. The van der Waals surface area contributed by atoms with Crippen molar-refractivity contribution >= 4 is 0 Å². The van der Waals surface area contributed by atoms with Crippen LogP contribution in [0.3, 0.4) is 0 Å². The van der Waals surface area contributed by atoms with Crippen molar-refractivity contribution in [3.05, 3.63) is 42.3 Å². The molecule has 2 aromatic rings. The number of rotatable bonds is 5. The van der Waals surface area contributed by atoms with E-state index in [0.29, 0.717) is 12.4 Å². The first-order valence-electron chi connectivity index (χ1n) is 7.32. The van der Waals surface area contributed by atoms with Crippen LogP contribution in [0.1, 0.15) is 5.69 Å². The number of hydrogen-bond donors (Lipinski definition) is 1. The van der Waals surface area contributed by atoms with Gasteiger partial charge in [-0.25, -0.2) is 4.98 Å². The van der Waals surface area contributed by atoms with Crippen LogP contribution in [0.4, 0.5) is 0 Å². The fourth-order valence-corrected chi connectivity index (χ4v) is 2.45. The van der Waals surface area contributed by atoms with Gasteiger partial charge in [-0.15, -0.1) is 0 Å². The van der Waals surface area contributed by atoms with E-state index in [9.17, 15) is 0 Å². The van der Waals surface area contributed by atoms with Crippen molar-refractivity contribution in [1.82, 2.24) is 15.2 Å². The lowest BCUT2D eigenvalue weighted by Crippen LogP contribution is -2.44. The van der Waals surface area contributed by atoms with Crippen LogP contribution in [0.5, 0.6) is 0 Å². The molecule has 5 heteroatoms. The predicted octanol–water partition coefficient (Wildman–Crippen LogP) is 1.76. The molecule has 0 bridgehead atoms. The SMILES string of the molecule is CN1CCO[C@@H](CNCc2coc(-c3ccccc3)n2)C1. The Morgan fingerprint density at radius 2 is 2.19 bits per heavy atom. The van der Waals surface area contributed by atoms with E-state index >= 15 is 0 Å². The standard InChI is InChI=1S/C16H21N3O2/c1-19-7-8-20-15(11-19)10-17-9-14-12-21-16(18-14)13-5-3-2-4-6-13/h2-6,12,15,17H,7-11H2,1H3/t15-/m0/s1. The molecule has 1 aromatic carbocycles. The molecule has 1 atom stereocenters. The van der Waals surface area contributed by atoms with Gasteiger partial charge in [-0.1, -0.05) is 18.2 Å². The molecule has 1 aliphatic rings. The van der Waals surface area contributed by atoms with E-state index < -0.39 is 0 Å². The maximum Gasteiger partial charge on any atom is 0.226 e. The van der Waals surface area contributed by atoms with E-state index in [1.807, 2.05) is 30.3 Å². The topological polar surface area (TPSA) is 50.5 Å². The van der Waals surface area contributed by atoms with Gasteiger partial charge in [-0.2, -0.15) is 0 Å². The molecule has 0 aliphatic carbocycles. The van der Waals surface area contributed by atoms with Crippen molar-refractivity contribution in [2.45, 2.75) is 12.6 Å². The summed E-state index contributed by atoms with van der Waals surface area (Å²) >= 11 is 0. The van der Waals surface area contributed by atoms with Crippen LogP contribution in [0.15, 0.2) is 41.0 Å². The van der Waals surface area contributed by atoms with Crippen LogP contribution in [-0.2, 0) is 11.3 Å². The van der Waals surface area contributed by atoms with Gasteiger partial charge in [-0.05, 0) is 19.2 Å². The van der Waals surface area contributed by atoms with E-state index in [0.717, 1.165) is 37.5 Å². The van der Waals surface area contributed by atoms with Crippen molar-refractivity contribution in [1.29, 1.82) is 0 Å². The Kier molecular flexibility index (Phi) is 4.65. The highest BCUT2D eigenvalue weighted by atomic mass is 16.5. The summed E-state index contributed by atoms with van der Waals surface area (Å²) in [6.07, 6.45) is 1.97. The van der Waals surface area contributed by atoms with Gasteiger partial charge < -0.3 is 19.4 Å². The molecule has 1 saturated heterocycles. The number of morpholine rings is 1. The van der Waals surface area contributed by atoms with Gasteiger partial charge >= 0.3 is 0 Å². The second kappa shape index (κ2) is 6.85. The summed E-state index contributed by atoms with van der Waals surface area (Å²) in [6, 6.07) is 9.93. The fraction of sp³-hybridized carbons (Fsp3) is 0.438. The second-order valence-corrected chi connectivity index (χ2v) is 5.40. The van der Waals surface area contributed by atoms with Crippen molar-refractivity contribution < 1.29 is 9.15 Å². The van der Waals surface area contributed by atoms with E-state index in [4.69, 9.17) is 9.15 Å². The highest BCUT2D eigenvalue weighted by Gasteiger charge is 2.17. The van der Waals surface area contributed by atoms with Crippen LogP contribution in [0, 0.1) is 0 Å². The number of aromatic nitrogens is 1. The minimum Gasteiger partial charge on any atom is -0.444 e. The van der Waals surface area contributed by atoms with E-state index in [-0.39, 0.29) is 6.10 Å². The molecule has 112 valence electrons. The van der Waals surface area contributed by atoms with Crippen molar-refractivity contribution in [2.75, 3.05) is 33.3 Å². The van der Waals surface area contributed by atoms with Gasteiger partial charge in [0.2, 0.25) is 5.89 Å². The van der Waals surface area contributed by atoms with Gasteiger partial charge in [0, 0.05) is 31.7 Å². The summed E-state index contributed by atoms with van der Waals surface area (Å²) in [6.45, 7) is 4.32. The third-order valence-corrected chi connectivity index (χ3v) is 3.59. The zero-order valence-electron chi connectivity index (χ0n) is 12.3. The summed E-state index contributed by atoms with van der Waals surface area (Å²) in [5, 5.41) is 3.38. The van der Waals surface area contributed by atoms with Crippen LogP contribution >= 0.6 is 0 Å². The molecule has 3 rings (SSSR count). The van der Waals surface area contributed by atoms with Crippen LogP contribution in [0.25, 0.3) is 11.5 Å². The number of ether oxygens (including phenoxy) is 1. The van der Waals surface area contributed by atoms with Gasteiger partial charge in [0.25, 0.3) is 0 Å². The Morgan fingerprint density at radius 3 is 3.00 bits per heavy atom. The number of nitrogens with zero attached hydrogens (tertiary/aromatic N) is 2. The van der Waals surface area contributed by atoms with Crippen LogP contribution < -0.4 is 5.32 Å². The molecule has 0 saturated carbocycles. The minimum atomic E-state index is 0.254. The Morgan fingerprint density at radius 1 is 1.33 bits per heavy atom. The first kappa shape index (κ1) is 14.3. The van der Waals surface area contributed by atoms with Gasteiger partial charge in [0.05, 0.1) is 18.4 Å². The Hall–Kier alpha value is -1.69. The predicted molar refractivity (Wildman–Crippen MR) is 80.9 cm³/mol. The quantitative estimate of drug-likeness (QED) is 0.908. The smallest absolute Gasteiger partial charge is 0.226 e. The molecule has 1 aromatic heterocycles. The van der Waals surface area contributed by atoms with E-state index in [1.165, 1.54) is 0 Å². The average Bonchev–Trinajstić information content (AvgIpc) is 2.97. The number of nitrogens with one attached hydrogen (secondary N) is 1. The van der Waals surface area contributed by atoms with E-state index in [2.05, 4.69) is 22.2 Å². The summed E-state index contributed by atoms with van der Waals surface area (Å²) < 4.78 is 11.2. The van der Waals surface area contributed by atoms with Gasteiger partial charge in [-0.3, -0.25) is 0 Å². The number of likely N-dealkylation sites (N-methyl/N-ethyl adjacent to an activating group) is 1. The van der Waals surface area contributed by atoms with Crippen molar-refractivity contribution in [2.24, 2.45) is 0 Å². The molecule has 0 unspecified atom stereocenters. The first-order chi connectivity index (χ1) is 10.3. The molecule has 1 N–H and O–H groups in total. The zero-order chi connectivity index (χ0) is 14.5. The van der Waals surface area contributed by atoms with E-state index in [1.54, 1.807) is 6.26 Å². The zero-order valence-corrected chi connectivity index (χ0v) is 12.3. The third kappa shape index (κ3) is 3.91. The second-order valence-electron chi connectivity index (χ2n) is 5.40. The molecular weight excluding hydrogens is 266 g/mol. The maximum atomic E-state index is 5.71. The van der Waals surface area contributed by atoms with Gasteiger partial charge in [0.15, 0.2) is 0 Å². The lowest BCUT2D eigenvalue weighted by Gasteiger charge is -2.30. The van der Waals surface area contributed by atoms with Gasteiger partial charge in [0.1, 0.15) is 6.26 Å². The minimum absolute atomic E-state index is 0.254. The highest BCUT2D eigenvalue weighted by Crippen LogP contribution is 2.17. The normalized spacial score (nSPS) is 19.8. The van der Waals surface area contributed by atoms with Crippen molar-refractivity contribution in [3.8, 4) is 11.5 Å². The molecule has 5 nitrogen and oxygen atoms in total. The lowest BCUT2D eigenvalue weighted by atomic mass is 10.2. The molecule has 0 radical (unpaired) electrons. The monoisotopic (exact) mass is 287 g/mol. The molecule has 0 spiro atoms. The number of hydrogen-bond acceptors (Lipinski definition) is 5. The Balaban J connectivity index is 1.49. The highest BCUT2D eigenvalue weighted by molar-refractivity contribution is 5.52. The average molecular weight is 287 g/mol. The Bertz CT molecular complexity index is 556. The lowest BCUT2D eigenvalue weighted by molar-refractivity contribution is -0.0182. The maximum absolute atomic E-state index is 5.71. The van der Waals surface area contributed by atoms with Crippen LogP contribution in [0.2, 0.25) is 0 Å². The summed E-state index contributed by atoms with van der Waals surface area (Å²) in [5.74, 6) is 0.668. The molecule has 0 amide bonds. The molecular formula is C16H21N3O2. The summed E-state index contributed by atoms with van der Waals surface area (Å²) in [5.41, 5.74) is 1.92. The molecule has 21 heavy (non-hydrogen) atoms. The summed E-state index contributed by atoms with van der Waals surface area (Å²) in [7, 11) is 2.12. The van der Waals surface area contributed by atoms with Crippen LogP contribution in [-0.4, -0.2) is 49.3 Å². The molecule has 1 fully saturated rings. The van der Waals surface area contributed by atoms with Crippen molar-refractivity contribution in [3.63, 3.8) is 0 Å². The fourth-order valence-electron chi connectivity index (χ4n) is 2.45.